The van der Waals surface area contributed by atoms with Crippen LogP contribution in [0, 0.1) is 12.3 Å². The summed E-state index contributed by atoms with van der Waals surface area (Å²) in [6.45, 7) is 4.38. The standard InChI is InChI=1S/C28H32N4O2/c1-18-12-24-26(31(2)28(18)33)14-22(19-7-10-34-11-8-19)15-27(24)32-9-3-4-21-13-20(5-6-25(21)32)23(16-29)17-30/h5-6,12-17,19,29H,3-4,7-11,30H2,1-2H3/b23-17+,29-16?. The summed E-state index contributed by atoms with van der Waals surface area (Å²) in [6.07, 6.45) is 6.83. The minimum atomic E-state index is 0.0546. The normalized spacial score (nSPS) is 17.1. The first-order chi connectivity index (χ1) is 16.5. The molecule has 1 aromatic heterocycles. The number of pyridine rings is 1. The predicted octanol–water partition coefficient (Wildman–Crippen LogP) is 4.77. The molecule has 3 aromatic rings. The molecule has 2 aliphatic heterocycles. The molecule has 0 amide bonds. The molecule has 6 heteroatoms. The zero-order valence-corrected chi connectivity index (χ0v) is 19.9. The second-order valence-corrected chi connectivity index (χ2v) is 9.42. The van der Waals surface area contributed by atoms with E-state index in [1.165, 1.54) is 29.2 Å². The number of benzene rings is 2. The Bertz CT molecular complexity index is 1350. The van der Waals surface area contributed by atoms with Crippen molar-refractivity contribution in [3.05, 3.63) is 75.2 Å². The number of hydrogen-bond donors (Lipinski definition) is 2. The van der Waals surface area contributed by atoms with Crippen LogP contribution >= 0.6 is 0 Å². The lowest BCUT2D eigenvalue weighted by Gasteiger charge is -2.34. The van der Waals surface area contributed by atoms with E-state index >= 15 is 0 Å². The van der Waals surface area contributed by atoms with Crippen molar-refractivity contribution in [2.24, 2.45) is 12.8 Å². The highest BCUT2D eigenvalue weighted by atomic mass is 16.5. The molecule has 0 aliphatic carbocycles. The van der Waals surface area contributed by atoms with Crippen molar-refractivity contribution in [1.29, 1.82) is 5.41 Å². The molecule has 0 spiro atoms. The molecule has 5 rings (SSSR count). The average Bonchev–Trinajstić information content (AvgIpc) is 2.88. The number of ether oxygens (including phenoxy) is 1. The molecule has 1 fully saturated rings. The van der Waals surface area contributed by atoms with E-state index in [-0.39, 0.29) is 5.56 Å². The third kappa shape index (κ3) is 3.82. The van der Waals surface area contributed by atoms with Crippen LogP contribution < -0.4 is 16.2 Å². The summed E-state index contributed by atoms with van der Waals surface area (Å²) in [5, 5.41) is 8.77. The van der Waals surface area contributed by atoms with E-state index in [4.69, 9.17) is 15.9 Å². The minimum Gasteiger partial charge on any atom is -0.404 e. The lowest BCUT2D eigenvalue weighted by atomic mass is 9.89. The van der Waals surface area contributed by atoms with E-state index in [9.17, 15) is 4.79 Å². The topological polar surface area (TPSA) is 84.3 Å². The fraction of sp³-hybridized carbons (Fsp3) is 0.357. The van der Waals surface area contributed by atoms with E-state index < -0.39 is 0 Å². The highest BCUT2D eigenvalue weighted by Gasteiger charge is 2.24. The van der Waals surface area contributed by atoms with Crippen molar-refractivity contribution in [1.82, 2.24) is 4.57 Å². The van der Waals surface area contributed by atoms with Crippen LogP contribution in [0.3, 0.4) is 0 Å². The Hall–Kier alpha value is -3.38. The third-order valence-corrected chi connectivity index (χ3v) is 7.37. The fourth-order valence-corrected chi connectivity index (χ4v) is 5.47. The van der Waals surface area contributed by atoms with Crippen LogP contribution in [0.1, 0.15) is 47.4 Å². The molecule has 6 nitrogen and oxygen atoms in total. The van der Waals surface area contributed by atoms with Crippen molar-refractivity contribution >= 4 is 34.1 Å². The molecule has 3 N–H and O–H groups in total. The maximum atomic E-state index is 12.8. The molecule has 2 aliphatic rings. The van der Waals surface area contributed by atoms with E-state index in [1.807, 2.05) is 26.1 Å². The molecule has 34 heavy (non-hydrogen) atoms. The van der Waals surface area contributed by atoms with Crippen LogP contribution in [0.2, 0.25) is 0 Å². The Balaban J connectivity index is 1.70. The monoisotopic (exact) mass is 456 g/mol. The maximum absolute atomic E-state index is 12.8. The summed E-state index contributed by atoms with van der Waals surface area (Å²) in [7, 11) is 1.88. The molecule has 1 saturated heterocycles. The minimum absolute atomic E-state index is 0.0546. The van der Waals surface area contributed by atoms with Crippen LogP contribution in [-0.4, -0.2) is 30.5 Å². The van der Waals surface area contributed by atoms with Crippen LogP contribution in [-0.2, 0) is 18.2 Å². The van der Waals surface area contributed by atoms with Gasteiger partial charge in [0.2, 0.25) is 0 Å². The van der Waals surface area contributed by atoms with Gasteiger partial charge in [-0.2, -0.15) is 0 Å². The first kappa shape index (κ1) is 22.4. The number of aryl methyl sites for hydroxylation is 3. The van der Waals surface area contributed by atoms with Gasteiger partial charge in [0.15, 0.2) is 0 Å². The van der Waals surface area contributed by atoms with E-state index in [0.717, 1.165) is 78.7 Å². The molecule has 3 heterocycles. The molecule has 0 saturated carbocycles. The third-order valence-electron chi connectivity index (χ3n) is 7.37. The Labute approximate surface area is 200 Å². The van der Waals surface area contributed by atoms with Crippen molar-refractivity contribution < 1.29 is 4.74 Å². The van der Waals surface area contributed by atoms with Crippen molar-refractivity contribution in [3.63, 3.8) is 0 Å². The highest BCUT2D eigenvalue weighted by Crippen LogP contribution is 2.41. The van der Waals surface area contributed by atoms with Gasteiger partial charge in [-0.1, -0.05) is 6.07 Å². The first-order valence-electron chi connectivity index (χ1n) is 12.1. The highest BCUT2D eigenvalue weighted by molar-refractivity contribution is 6.08. The van der Waals surface area contributed by atoms with Gasteiger partial charge in [-0.05, 0) is 85.5 Å². The first-order valence-corrected chi connectivity index (χ1v) is 12.1. The smallest absolute Gasteiger partial charge is 0.253 e. The van der Waals surface area contributed by atoms with E-state index in [1.54, 1.807) is 4.57 Å². The summed E-state index contributed by atoms with van der Waals surface area (Å²) in [5.41, 5.74) is 14.1. The maximum Gasteiger partial charge on any atom is 0.253 e. The van der Waals surface area contributed by atoms with Crippen LogP contribution in [0.25, 0.3) is 16.5 Å². The largest absolute Gasteiger partial charge is 0.404 e. The lowest BCUT2D eigenvalue weighted by molar-refractivity contribution is 0.0853. The number of aromatic nitrogens is 1. The molecule has 0 bridgehead atoms. The summed E-state index contributed by atoms with van der Waals surface area (Å²) in [5.74, 6) is 0.435. The Kier molecular flexibility index (Phi) is 6.00. The summed E-state index contributed by atoms with van der Waals surface area (Å²) in [6, 6.07) is 13.0. The molecular formula is C28H32N4O2. The van der Waals surface area contributed by atoms with Gasteiger partial charge in [0, 0.05) is 61.4 Å². The molecule has 0 unspecified atom stereocenters. The van der Waals surface area contributed by atoms with Crippen LogP contribution in [0.15, 0.2) is 47.4 Å². The van der Waals surface area contributed by atoms with Crippen LogP contribution in [0.5, 0.6) is 0 Å². The lowest BCUT2D eigenvalue weighted by Crippen LogP contribution is -2.26. The second-order valence-electron chi connectivity index (χ2n) is 9.42. The number of nitrogens with two attached hydrogens (primary N) is 1. The fourth-order valence-electron chi connectivity index (χ4n) is 5.47. The van der Waals surface area contributed by atoms with E-state index in [2.05, 4.69) is 29.2 Å². The summed E-state index contributed by atoms with van der Waals surface area (Å²) < 4.78 is 7.41. The van der Waals surface area contributed by atoms with E-state index in [0.29, 0.717) is 5.92 Å². The van der Waals surface area contributed by atoms with Gasteiger partial charge < -0.3 is 25.3 Å². The zero-order valence-electron chi connectivity index (χ0n) is 19.9. The number of hydrogen-bond acceptors (Lipinski definition) is 5. The number of allylic oxidation sites excluding steroid dienone is 1. The number of nitrogens with zero attached hydrogens (tertiary/aromatic N) is 2. The molecule has 2 aromatic carbocycles. The number of anilines is 2. The van der Waals surface area contributed by atoms with Gasteiger partial charge in [-0.3, -0.25) is 4.79 Å². The molecular weight excluding hydrogens is 424 g/mol. The Morgan fingerprint density at radius 3 is 2.68 bits per heavy atom. The number of fused-ring (bicyclic) bond motifs is 2. The SMILES string of the molecule is Cc1cc2c(N3CCCc4cc(/C(C=N)=C/N)ccc43)cc(C3CCOCC3)cc2n(C)c1=O. The van der Waals surface area contributed by atoms with Crippen LogP contribution in [0.4, 0.5) is 11.4 Å². The summed E-state index contributed by atoms with van der Waals surface area (Å²) in [4.78, 5) is 15.2. The van der Waals surface area contributed by atoms with Gasteiger partial charge in [0.1, 0.15) is 0 Å². The zero-order chi connectivity index (χ0) is 23.8. The van der Waals surface area contributed by atoms with Crippen molar-refractivity contribution in [2.75, 3.05) is 24.7 Å². The Morgan fingerprint density at radius 1 is 1.15 bits per heavy atom. The van der Waals surface area contributed by atoms with Gasteiger partial charge in [-0.25, -0.2) is 0 Å². The van der Waals surface area contributed by atoms with Gasteiger partial charge in [0.25, 0.3) is 5.56 Å². The molecule has 0 radical (unpaired) electrons. The van der Waals surface area contributed by atoms with Crippen molar-refractivity contribution in [2.45, 2.75) is 38.5 Å². The number of nitrogens with one attached hydrogen (secondary N) is 1. The van der Waals surface area contributed by atoms with Gasteiger partial charge >= 0.3 is 0 Å². The summed E-state index contributed by atoms with van der Waals surface area (Å²) >= 11 is 0. The van der Waals surface area contributed by atoms with Gasteiger partial charge in [-0.15, -0.1) is 0 Å². The molecule has 0 atom stereocenters. The average molecular weight is 457 g/mol. The quantitative estimate of drug-likeness (QED) is 0.554. The number of rotatable bonds is 4. The second kappa shape index (κ2) is 9.11. The Morgan fingerprint density at radius 2 is 1.94 bits per heavy atom. The van der Waals surface area contributed by atoms with Gasteiger partial charge in [0.05, 0.1) is 11.2 Å². The molecule has 176 valence electrons. The van der Waals surface area contributed by atoms with Crippen molar-refractivity contribution in [3.8, 4) is 0 Å². The predicted molar refractivity (Wildman–Crippen MR) is 139 cm³/mol.